The summed E-state index contributed by atoms with van der Waals surface area (Å²) in [4.78, 5) is 15.4. The van der Waals surface area contributed by atoms with E-state index in [4.69, 9.17) is 4.74 Å². The molecule has 0 aliphatic heterocycles. The van der Waals surface area contributed by atoms with Crippen LogP contribution in [0, 0.1) is 0 Å². The predicted octanol–water partition coefficient (Wildman–Crippen LogP) is 0.516. The van der Waals surface area contributed by atoms with E-state index in [1.54, 1.807) is 25.4 Å². The molecule has 1 aromatic heterocycles. The van der Waals surface area contributed by atoms with Crippen LogP contribution in [0.4, 0.5) is 5.82 Å². The number of esters is 1. The smallest absolute Gasteiger partial charge is 0.338 e. The summed E-state index contributed by atoms with van der Waals surface area (Å²) in [5.41, 5.74) is 0.488. The zero-order valence-corrected chi connectivity index (χ0v) is 10.7. The van der Waals surface area contributed by atoms with E-state index in [0.29, 0.717) is 18.0 Å². The van der Waals surface area contributed by atoms with Gasteiger partial charge in [0, 0.05) is 32.9 Å². The van der Waals surface area contributed by atoms with Crippen molar-refractivity contribution in [1.82, 2.24) is 10.3 Å². The van der Waals surface area contributed by atoms with Crippen molar-refractivity contribution < 1.29 is 14.3 Å². The Bertz CT molecular complexity index is 371. The van der Waals surface area contributed by atoms with Gasteiger partial charge in [0.2, 0.25) is 0 Å². The zero-order chi connectivity index (χ0) is 13.2. The third-order valence-electron chi connectivity index (χ3n) is 2.27. The van der Waals surface area contributed by atoms with Crippen LogP contribution in [-0.4, -0.2) is 51.4 Å². The molecule has 0 fully saturated rings. The summed E-state index contributed by atoms with van der Waals surface area (Å²) in [5.74, 6) is 0.296. The molecular weight excluding hydrogens is 234 g/mol. The zero-order valence-electron chi connectivity index (χ0n) is 10.7. The van der Waals surface area contributed by atoms with Gasteiger partial charge in [0.05, 0.1) is 19.3 Å². The van der Waals surface area contributed by atoms with Crippen LogP contribution < -0.4 is 10.6 Å². The summed E-state index contributed by atoms with van der Waals surface area (Å²) in [6.07, 6.45) is 1.58. The van der Waals surface area contributed by atoms with Crippen molar-refractivity contribution in [1.29, 1.82) is 0 Å². The normalized spacial score (nSPS) is 10.1. The second-order valence-electron chi connectivity index (χ2n) is 3.59. The largest absolute Gasteiger partial charge is 0.465 e. The van der Waals surface area contributed by atoms with Gasteiger partial charge < -0.3 is 20.1 Å². The third kappa shape index (κ3) is 5.11. The molecule has 2 N–H and O–H groups in total. The fourth-order valence-corrected chi connectivity index (χ4v) is 1.35. The number of nitrogens with zero attached hydrogens (tertiary/aromatic N) is 1. The molecule has 0 radical (unpaired) electrons. The molecule has 0 saturated heterocycles. The third-order valence-corrected chi connectivity index (χ3v) is 2.27. The molecule has 0 spiro atoms. The van der Waals surface area contributed by atoms with Crippen molar-refractivity contribution in [2.45, 2.75) is 0 Å². The fraction of sp³-hybridized carbons (Fsp3) is 0.500. The van der Waals surface area contributed by atoms with Crippen molar-refractivity contribution in [3.8, 4) is 0 Å². The van der Waals surface area contributed by atoms with Crippen LogP contribution in [0.25, 0.3) is 0 Å². The average Bonchev–Trinajstić information content (AvgIpc) is 2.42. The van der Waals surface area contributed by atoms with Crippen LogP contribution in [0.3, 0.4) is 0 Å². The Morgan fingerprint density at radius 1 is 1.33 bits per heavy atom. The number of pyridine rings is 1. The lowest BCUT2D eigenvalue weighted by Gasteiger charge is -2.07. The summed E-state index contributed by atoms with van der Waals surface area (Å²) in [6, 6.07) is 3.29. The lowest BCUT2D eigenvalue weighted by atomic mass is 10.2. The summed E-state index contributed by atoms with van der Waals surface area (Å²) >= 11 is 0. The second-order valence-corrected chi connectivity index (χ2v) is 3.59. The van der Waals surface area contributed by atoms with Gasteiger partial charge in [-0.1, -0.05) is 0 Å². The molecule has 0 amide bonds. The highest BCUT2D eigenvalue weighted by molar-refractivity contribution is 5.89. The molecule has 0 saturated carbocycles. The monoisotopic (exact) mass is 253 g/mol. The number of nitrogens with one attached hydrogen (secondary N) is 2. The van der Waals surface area contributed by atoms with E-state index < -0.39 is 0 Å². The van der Waals surface area contributed by atoms with Gasteiger partial charge in [-0.3, -0.25) is 0 Å². The van der Waals surface area contributed by atoms with E-state index in [1.807, 2.05) is 0 Å². The summed E-state index contributed by atoms with van der Waals surface area (Å²) < 4.78 is 9.55. The van der Waals surface area contributed by atoms with Crippen molar-refractivity contribution in [2.75, 3.05) is 45.8 Å². The van der Waals surface area contributed by atoms with Gasteiger partial charge in [-0.25, -0.2) is 9.78 Å². The molecule has 100 valence electrons. The molecule has 6 nitrogen and oxygen atoms in total. The van der Waals surface area contributed by atoms with Crippen molar-refractivity contribution >= 4 is 11.8 Å². The van der Waals surface area contributed by atoms with Crippen molar-refractivity contribution in [3.05, 3.63) is 23.9 Å². The number of ether oxygens (including phenoxy) is 2. The first kappa shape index (κ1) is 14.4. The molecule has 1 rings (SSSR count). The van der Waals surface area contributed by atoms with E-state index in [0.717, 1.165) is 19.6 Å². The van der Waals surface area contributed by atoms with E-state index in [2.05, 4.69) is 20.4 Å². The quantitative estimate of drug-likeness (QED) is 0.520. The Labute approximate surface area is 107 Å². The summed E-state index contributed by atoms with van der Waals surface area (Å²) in [7, 11) is 3.03. The van der Waals surface area contributed by atoms with Crippen LogP contribution in [0.15, 0.2) is 18.3 Å². The molecular formula is C12H19N3O3. The Balaban J connectivity index is 2.32. The van der Waals surface area contributed by atoms with E-state index >= 15 is 0 Å². The molecule has 0 aliphatic carbocycles. The van der Waals surface area contributed by atoms with E-state index in [1.165, 1.54) is 7.11 Å². The predicted molar refractivity (Wildman–Crippen MR) is 68.8 cm³/mol. The van der Waals surface area contributed by atoms with E-state index in [9.17, 15) is 4.79 Å². The maximum absolute atomic E-state index is 11.3. The van der Waals surface area contributed by atoms with Gasteiger partial charge in [-0.05, 0) is 12.1 Å². The number of hydrogen-bond acceptors (Lipinski definition) is 6. The second kappa shape index (κ2) is 8.43. The van der Waals surface area contributed by atoms with Gasteiger partial charge in [0.15, 0.2) is 0 Å². The average molecular weight is 253 g/mol. The summed E-state index contributed by atoms with van der Waals surface area (Å²) in [6.45, 7) is 3.03. The molecule has 18 heavy (non-hydrogen) atoms. The maximum atomic E-state index is 11.3. The van der Waals surface area contributed by atoms with Gasteiger partial charge in [-0.15, -0.1) is 0 Å². The minimum Gasteiger partial charge on any atom is -0.465 e. The van der Waals surface area contributed by atoms with Gasteiger partial charge in [0.25, 0.3) is 0 Å². The van der Waals surface area contributed by atoms with Gasteiger partial charge >= 0.3 is 5.97 Å². The highest BCUT2D eigenvalue weighted by Crippen LogP contribution is 2.07. The van der Waals surface area contributed by atoms with Crippen LogP contribution in [0.5, 0.6) is 0 Å². The Morgan fingerprint density at radius 2 is 2.17 bits per heavy atom. The molecule has 0 atom stereocenters. The van der Waals surface area contributed by atoms with Crippen LogP contribution in [0.1, 0.15) is 10.4 Å². The van der Waals surface area contributed by atoms with Gasteiger partial charge in [-0.2, -0.15) is 0 Å². The van der Waals surface area contributed by atoms with Crippen LogP contribution >= 0.6 is 0 Å². The SMILES string of the molecule is COCCNCCNc1cc(C(=O)OC)ccn1. The maximum Gasteiger partial charge on any atom is 0.338 e. The molecule has 0 aromatic carbocycles. The minimum absolute atomic E-state index is 0.362. The van der Waals surface area contributed by atoms with Crippen molar-refractivity contribution in [3.63, 3.8) is 0 Å². The minimum atomic E-state index is -0.362. The first-order valence-electron chi connectivity index (χ1n) is 5.76. The first-order valence-corrected chi connectivity index (χ1v) is 5.76. The summed E-state index contributed by atoms with van der Waals surface area (Å²) in [5, 5.41) is 6.32. The standard InChI is InChI=1S/C12H19N3O3/c1-17-8-7-13-5-6-15-11-9-10(3-4-14-11)12(16)18-2/h3-4,9,13H,5-8H2,1-2H3,(H,14,15). The highest BCUT2D eigenvalue weighted by atomic mass is 16.5. The number of rotatable bonds is 8. The van der Waals surface area contributed by atoms with E-state index in [-0.39, 0.29) is 5.97 Å². The Morgan fingerprint density at radius 3 is 2.89 bits per heavy atom. The number of hydrogen-bond donors (Lipinski definition) is 2. The number of carbonyl (C=O) groups excluding carboxylic acids is 1. The Hall–Kier alpha value is -1.66. The number of carbonyl (C=O) groups is 1. The molecule has 0 unspecified atom stereocenters. The Kier molecular flexibility index (Phi) is 6.75. The topological polar surface area (TPSA) is 72.5 Å². The number of methoxy groups -OCH3 is 2. The molecule has 0 aliphatic rings. The molecule has 6 heteroatoms. The van der Waals surface area contributed by atoms with Crippen LogP contribution in [-0.2, 0) is 9.47 Å². The lowest BCUT2D eigenvalue weighted by molar-refractivity contribution is 0.0600. The molecule has 1 heterocycles. The van der Waals surface area contributed by atoms with Crippen LogP contribution in [0.2, 0.25) is 0 Å². The number of aromatic nitrogens is 1. The van der Waals surface area contributed by atoms with Crippen molar-refractivity contribution in [2.24, 2.45) is 0 Å². The molecule has 0 bridgehead atoms. The number of anilines is 1. The molecule has 1 aromatic rings. The fourth-order valence-electron chi connectivity index (χ4n) is 1.35. The first-order chi connectivity index (χ1) is 8.77. The highest BCUT2D eigenvalue weighted by Gasteiger charge is 2.05. The van der Waals surface area contributed by atoms with Gasteiger partial charge in [0.1, 0.15) is 5.82 Å². The lowest BCUT2D eigenvalue weighted by Crippen LogP contribution is -2.25.